The Morgan fingerprint density at radius 3 is 1.22 bits per heavy atom. The molecule has 1 rings (SSSR count). The molecule has 0 aromatic heterocycles. The average molecular weight is 947 g/mol. The highest BCUT2D eigenvalue weighted by atomic mass is 31.2. The van der Waals surface area contributed by atoms with Crippen molar-refractivity contribution in [1.82, 2.24) is 0 Å². The van der Waals surface area contributed by atoms with Gasteiger partial charge in [-0.15, -0.1) is 0 Å². The third-order valence-electron chi connectivity index (χ3n) is 12.5. The highest BCUT2D eigenvalue weighted by molar-refractivity contribution is 7.47. The molecule has 6 atom stereocenters. The number of phosphoric acid groups is 1. The highest BCUT2D eigenvalue weighted by Gasteiger charge is 2.51. The summed E-state index contributed by atoms with van der Waals surface area (Å²) in [6.07, 6.45) is 38.1. The summed E-state index contributed by atoms with van der Waals surface area (Å²) in [7, 11) is -5.02. The zero-order chi connectivity index (χ0) is 47.6. The topological polar surface area (TPSA) is 192 Å². The van der Waals surface area contributed by atoms with Crippen molar-refractivity contribution >= 4 is 13.8 Å². The van der Waals surface area contributed by atoms with Crippen LogP contribution in [0.5, 0.6) is 0 Å². The van der Waals surface area contributed by atoms with Crippen molar-refractivity contribution < 1.29 is 58.3 Å². The van der Waals surface area contributed by atoms with Crippen LogP contribution < -0.4 is 0 Å². The number of hydrogen-bond acceptors (Lipinski definition) is 11. The average Bonchev–Trinajstić information content (AvgIpc) is 3.29. The van der Waals surface area contributed by atoms with Gasteiger partial charge in [0.2, 0.25) is 0 Å². The molecule has 6 unspecified atom stereocenters. The molecule has 0 radical (unpaired) electrons. The molecule has 1 saturated carbocycles. The second-order valence-electron chi connectivity index (χ2n) is 18.7. The lowest BCUT2D eigenvalue weighted by Crippen LogP contribution is -2.64. The minimum absolute atomic E-state index is 0.0764. The fourth-order valence-electron chi connectivity index (χ4n) is 8.29. The SMILES string of the molecule is CCCCCCCC/C=C\CCCCCCCCCCCC(=O)OC(COCCCCCCCCCC/C=C\CCCCCCCCC)COP(=O)(O)OC1C(O)C(O)C(O)C(O)C1O. The fraction of sp³-hybridized carbons (Fsp3) is 0.904. The fourth-order valence-corrected chi connectivity index (χ4v) is 9.26. The van der Waals surface area contributed by atoms with Crippen LogP contribution in [0.25, 0.3) is 0 Å². The zero-order valence-electron chi connectivity index (χ0n) is 41.3. The molecule has 65 heavy (non-hydrogen) atoms. The zero-order valence-corrected chi connectivity index (χ0v) is 42.2. The molecule has 0 amide bonds. The number of rotatable bonds is 46. The number of phosphoric ester groups is 1. The Hall–Kier alpha value is -1.18. The van der Waals surface area contributed by atoms with Crippen LogP contribution in [0.2, 0.25) is 0 Å². The van der Waals surface area contributed by atoms with Gasteiger partial charge in [-0.3, -0.25) is 13.8 Å². The maximum absolute atomic E-state index is 12.9. The summed E-state index contributed by atoms with van der Waals surface area (Å²) in [6, 6.07) is 0. The van der Waals surface area contributed by atoms with Crippen LogP contribution >= 0.6 is 7.82 Å². The summed E-state index contributed by atoms with van der Waals surface area (Å²) in [5.41, 5.74) is 0. The van der Waals surface area contributed by atoms with E-state index >= 15 is 0 Å². The van der Waals surface area contributed by atoms with Gasteiger partial charge < -0.3 is 39.9 Å². The van der Waals surface area contributed by atoms with Gasteiger partial charge in [0.15, 0.2) is 0 Å². The molecule has 0 spiro atoms. The van der Waals surface area contributed by atoms with Gasteiger partial charge >= 0.3 is 13.8 Å². The van der Waals surface area contributed by atoms with E-state index in [1.54, 1.807) is 0 Å². The summed E-state index contributed by atoms with van der Waals surface area (Å²) in [4.78, 5) is 23.3. The molecule has 1 aliphatic rings. The number of aliphatic hydroxyl groups excluding tert-OH is 5. The maximum atomic E-state index is 12.9. The molecule has 0 saturated heterocycles. The summed E-state index contributed by atoms with van der Waals surface area (Å²) >= 11 is 0. The van der Waals surface area contributed by atoms with E-state index in [-0.39, 0.29) is 13.0 Å². The van der Waals surface area contributed by atoms with Crippen LogP contribution in [0.3, 0.4) is 0 Å². The van der Waals surface area contributed by atoms with Crippen molar-refractivity contribution in [3.8, 4) is 0 Å². The van der Waals surface area contributed by atoms with Gasteiger partial charge in [-0.05, 0) is 64.2 Å². The smallest absolute Gasteiger partial charge is 0.457 e. The molecule has 0 aromatic rings. The van der Waals surface area contributed by atoms with Crippen LogP contribution in [-0.2, 0) is 27.9 Å². The first kappa shape index (κ1) is 61.8. The van der Waals surface area contributed by atoms with Crippen LogP contribution in [0.15, 0.2) is 24.3 Å². The quantitative estimate of drug-likeness (QED) is 0.0147. The number of allylic oxidation sites excluding steroid dienone is 4. The lowest BCUT2D eigenvalue weighted by Gasteiger charge is -2.41. The number of carbonyl (C=O) groups excluding carboxylic acids is 1. The predicted octanol–water partition coefficient (Wildman–Crippen LogP) is 12.0. The van der Waals surface area contributed by atoms with E-state index in [1.165, 1.54) is 173 Å². The molecule has 0 aliphatic heterocycles. The maximum Gasteiger partial charge on any atom is 0.472 e. The van der Waals surface area contributed by atoms with Gasteiger partial charge in [-0.2, -0.15) is 0 Å². The molecule has 384 valence electrons. The van der Waals surface area contributed by atoms with Crippen molar-refractivity contribution in [2.24, 2.45) is 0 Å². The largest absolute Gasteiger partial charge is 0.472 e. The normalized spacial score (nSPS) is 21.7. The molecule has 12 nitrogen and oxygen atoms in total. The standard InChI is InChI=1S/C52H99O12P/c1-3-5-7-9-11-13-15-17-19-21-23-25-27-29-31-33-35-37-39-41-46(53)63-45(44-62-65(59,60)64-52-50(57)48(55)47(54)49(56)51(52)58)43-61-42-40-38-36-34-32-30-28-26-24-22-20-18-16-14-12-10-8-6-4-2/h17,19-20,22,45,47-52,54-58H,3-16,18,21,23-44H2,1-2H3,(H,59,60)/b19-17-,22-20-. The van der Waals surface area contributed by atoms with E-state index in [9.17, 15) is 39.8 Å². The van der Waals surface area contributed by atoms with Gasteiger partial charge in [0, 0.05) is 13.0 Å². The predicted molar refractivity (Wildman–Crippen MR) is 263 cm³/mol. The lowest BCUT2D eigenvalue weighted by molar-refractivity contribution is -0.220. The van der Waals surface area contributed by atoms with Crippen molar-refractivity contribution in [3.05, 3.63) is 24.3 Å². The van der Waals surface area contributed by atoms with Crippen molar-refractivity contribution in [2.45, 2.75) is 281 Å². The number of aliphatic hydroxyl groups is 5. The van der Waals surface area contributed by atoms with Crippen molar-refractivity contribution in [3.63, 3.8) is 0 Å². The summed E-state index contributed by atoms with van der Waals surface area (Å²) in [5.74, 6) is -0.477. The molecule has 0 heterocycles. The summed E-state index contributed by atoms with van der Waals surface area (Å²) in [6.45, 7) is 4.28. The molecule has 0 bridgehead atoms. The first-order chi connectivity index (χ1) is 31.5. The third-order valence-corrected chi connectivity index (χ3v) is 13.5. The second-order valence-corrected chi connectivity index (χ2v) is 20.1. The molecule has 13 heteroatoms. The monoisotopic (exact) mass is 947 g/mol. The number of ether oxygens (including phenoxy) is 2. The Labute approximate surface area is 396 Å². The lowest BCUT2D eigenvalue weighted by atomic mass is 9.85. The van der Waals surface area contributed by atoms with E-state index in [4.69, 9.17) is 18.5 Å². The number of hydrogen-bond donors (Lipinski definition) is 6. The van der Waals surface area contributed by atoms with Gasteiger partial charge in [0.25, 0.3) is 0 Å². The molecule has 1 fully saturated rings. The van der Waals surface area contributed by atoms with Gasteiger partial charge in [-0.25, -0.2) is 4.57 Å². The number of unbranched alkanes of at least 4 members (excludes halogenated alkanes) is 30. The third kappa shape index (κ3) is 34.7. The first-order valence-corrected chi connectivity index (χ1v) is 28.2. The molecular weight excluding hydrogens is 848 g/mol. The first-order valence-electron chi connectivity index (χ1n) is 26.7. The van der Waals surface area contributed by atoms with Crippen LogP contribution in [0.4, 0.5) is 0 Å². The van der Waals surface area contributed by atoms with Gasteiger partial charge in [-0.1, -0.05) is 192 Å². The summed E-state index contributed by atoms with van der Waals surface area (Å²) in [5, 5.41) is 50.3. The molecular formula is C52H99O12P. The highest BCUT2D eigenvalue weighted by Crippen LogP contribution is 2.47. The Bertz CT molecular complexity index is 1170. The minimum Gasteiger partial charge on any atom is -0.457 e. The second kappa shape index (κ2) is 42.9. The van der Waals surface area contributed by atoms with Gasteiger partial charge in [0.05, 0.1) is 13.2 Å². The Morgan fingerprint density at radius 1 is 0.477 bits per heavy atom. The Balaban J connectivity index is 2.32. The van der Waals surface area contributed by atoms with E-state index in [0.717, 1.165) is 38.5 Å². The van der Waals surface area contributed by atoms with Crippen molar-refractivity contribution in [1.29, 1.82) is 0 Å². The van der Waals surface area contributed by atoms with Crippen molar-refractivity contribution in [2.75, 3.05) is 19.8 Å². The van der Waals surface area contributed by atoms with E-state index in [2.05, 4.69) is 38.2 Å². The minimum atomic E-state index is -5.02. The summed E-state index contributed by atoms with van der Waals surface area (Å²) < 4.78 is 34.3. The van der Waals surface area contributed by atoms with E-state index in [1.807, 2.05) is 0 Å². The van der Waals surface area contributed by atoms with Crippen LogP contribution in [0, 0.1) is 0 Å². The molecule has 0 aromatic carbocycles. The molecule has 1 aliphatic carbocycles. The number of esters is 1. The van der Waals surface area contributed by atoms with Gasteiger partial charge in [0.1, 0.15) is 42.7 Å². The van der Waals surface area contributed by atoms with Crippen LogP contribution in [0.1, 0.15) is 239 Å². The van der Waals surface area contributed by atoms with E-state index in [0.29, 0.717) is 13.0 Å². The Kier molecular flexibility index (Phi) is 40.8. The van der Waals surface area contributed by atoms with Crippen LogP contribution in [-0.4, -0.2) is 98.9 Å². The van der Waals surface area contributed by atoms with E-state index < -0.39 is 63.1 Å². The Morgan fingerprint density at radius 2 is 0.815 bits per heavy atom. The molecule has 6 N–H and O–H groups in total. The number of carbonyl (C=O) groups is 1.